The average Bonchev–Trinajstić information content (AvgIpc) is 3.92. The Morgan fingerprint density at radius 2 is 0.781 bits per heavy atom. The quantitative estimate of drug-likeness (QED) is 0.167. The number of rotatable bonds is 3. The fourth-order valence-corrected chi connectivity index (χ4v) is 12.1. The zero-order valence-electron chi connectivity index (χ0n) is 36.8. The highest BCUT2D eigenvalue weighted by Crippen LogP contribution is 2.59. The summed E-state index contributed by atoms with van der Waals surface area (Å²) in [7, 11) is 2.20. The Balaban J connectivity index is 1.15. The fraction of sp³-hybridized carbons (Fsp3) is 0.182. The zero-order chi connectivity index (χ0) is 43.0. The molecule has 9 nitrogen and oxygen atoms in total. The number of imidazole rings is 3. The third-order valence-electron chi connectivity index (χ3n) is 15.3. The van der Waals surface area contributed by atoms with Crippen LogP contribution in [0.25, 0.3) is 51.2 Å². The van der Waals surface area contributed by atoms with Crippen LogP contribution in [0.15, 0.2) is 127 Å². The van der Waals surface area contributed by atoms with Crippen LogP contribution in [0.2, 0.25) is 0 Å². The number of nitrogens with zero attached hydrogens (tertiary/aromatic N) is 6. The molecule has 9 heteroatoms. The predicted molar refractivity (Wildman–Crippen MR) is 243 cm³/mol. The van der Waals surface area contributed by atoms with Gasteiger partial charge in [-0.25, -0.2) is 13.7 Å². The molecular formula is C55H45N6O3+3. The first-order valence-electron chi connectivity index (χ1n) is 22.3. The largest absolute Gasteiger partial charge is 0.452 e. The minimum absolute atomic E-state index is 0.175. The molecule has 9 aromatic rings. The molecular weight excluding hydrogens is 793 g/mol. The Hall–Kier alpha value is -7.65. The van der Waals surface area contributed by atoms with Crippen LogP contribution < -0.4 is 27.9 Å². The highest BCUT2D eigenvalue weighted by atomic mass is 16.5. The number of para-hydroxylation sites is 6. The van der Waals surface area contributed by atoms with Crippen molar-refractivity contribution in [2.24, 2.45) is 7.05 Å². The van der Waals surface area contributed by atoms with Gasteiger partial charge in [-0.05, 0) is 60.2 Å². The maximum absolute atomic E-state index is 7.15. The lowest BCUT2D eigenvalue weighted by atomic mass is 9.76. The Labute approximate surface area is 370 Å². The first kappa shape index (κ1) is 35.9. The van der Waals surface area contributed by atoms with Gasteiger partial charge in [0.25, 0.3) is 17.5 Å². The molecule has 0 N–H and O–H groups in total. The zero-order valence-corrected chi connectivity index (χ0v) is 36.8. The molecule has 64 heavy (non-hydrogen) atoms. The molecule has 3 aromatic heterocycles. The topological polar surface area (TPSA) is 54.1 Å². The molecule has 0 aliphatic carbocycles. The second kappa shape index (κ2) is 12.3. The normalized spacial score (nSPS) is 16.4. The van der Waals surface area contributed by atoms with Crippen molar-refractivity contribution >= 4 is 0 Å². The molecule has 14 rings (SSSR count). The third kappa shape index (κ3) is 4.22. The highest BCUT2D eigenvalue weighted by Gasteiger charge is 2.58. The lowest BCUT2D eigenvalue weighted by Gasteiger charge is -2.30. The Bertz CT molecular complexity index is 3440. The van der Waals surface area contributed by atoms with Crippen molar-refractivity contribution in [2.75, 3.05) is 0 Å². The minimum Gasteiger partial charge on any atom is -0.452 e. The highest BCUT2D eigenvalue weighted by molar-refractivity contribution is 5.80. The van der Waals surface area contributed by atoms with Crippen molar-refractivity contribution in [1.29, 1.82) is 0 Å². The molecule has 0 fully saturated rings. The second-order valence-electron chi connectivity index (χ2n) is 18.1. The molecule has 5 aliphatic rings. The van der Waals surface area contributed by atoms with Gasteiger partial charge in [0.2, 0.25) is 0 Å². The first-order valence-corrected chi connectivity index (χ1v) is 22.3. The number of fused-ring (bicyclic) bond motifs is 9. The van der Waals surface area contributed by atoms with E-state index in [1.165, 1.54) is 50.9 Å². The summed E-state index contributed by atoms with van der Waals surface area (Å²) < 4.78 is 36.0. The van der Waals surface area contributed by atoms with Gasteiger partial charge in [0.05, 0.1) is 13.0 Å². The second-order valence-corrected chi connectivity index (χ2v) is 18.1. The van der Waals surface area contributed by atoms with Gasteiger partial charge < -0.3 is 14.2 Å². The van der Waals surface area contributed by atoms with E-state index in [2.05, 4.69) is 203 Å². The van der Waals surface area contributed by atoms with Gasteiger partial charge in [-0.1, -0.05) is 72.8 Å². The molecule has 310 valence electrons. The molecule has 2 atom stereocenters. The van der Waals surface area contributed by atoms with Crippen molar-refractivity contribution in [1.82, 2.24) is 13.7 Å². The van der Waals surface area contributed by atoms with Crippen LogP contribution in [-0.4, -0.2) is 13.7 Å². The van der Waals surface area contributed by atoms with E-state index in [0.717, 1.165) is 85.7 Å². The van der Waals surface area contributed by atoms with Gasteiger partial charge in [-0.15, -0.1) is 0 Å². The summed E-state index contributed by atoms with van der Waals surface area (Å²) in [6.07, 6.45) is 0. The molecule has 0 saturated carbocycles. The van der Waals surface area contributed by atoms with Crippen molar-refractivity contribution in [3.63, 3.8) is 0 Å². The van der Waals surface area contributed by atoms with Gasteiger partial charge in [-0.2, -0.15) is 13.7 Å². The molecule has 0 bridgehead atoms. The molecule has 0 saturated heterocycles. The minimum atomic E-state index is -0.198. The number of hydrogen-bond donors (Lipinski definition) is 0. The third-order valence-corrected chi connectivity index (χ3v) is 15.3. The van der Waals surface area contributed by atoms with E-state index in [9.17, 15) is 0 Å². The number of hydrogen-bond acceptors (Lipinski definition) is 3. The van der Waals surface area contributed by atoms with Crippen LogP contribution in [0.4, 0.5) is 0 Å². The summed E-state index contributed by atoms with van der Waals surface area (Å²) in [5.74, 6) is 8.30. The van der Waals surface area contributed by atoms with E-state index in [0.29, 0.717) is 0 Å². The summed E-state index contributed by atoms with van der Waals surface area (Å²) in [5, 5.41) is 0. The van der Waals surface area contributed by atoms with Gasteiger partial charge in [0, 0.05) is 52.7 Å². The Kier molecular flexibility index (Phi) is 6.89. The van der Waals surface area contributed by atoms with E-state index in [1.54, 1.807) is 0 Å². The monoisotopic (exact) mass is 837 g/mol. The van der Waals surface area contributed by atoms with Gasteiger partial charge in [0.15, 0.2) is 34.3 Å². The molecule has 0 radical (unpaired) electrons. The smallest absolute Gasteiger partial charge is 0.299 e. The maximum Gasteiger partial charge on any atom is 0.299 e. The summed E-state index contributed by atoms with van der Waals surface area (Å²) in [5.41, 5.74) is 17.3. The van der Waals surface area contributed by atoms with E-state index in [1.807, 2.05) is 0 Å². The molecule has 8 heterocycles. The Morgan fingerprint density at radius 3 is 1.25 bits per heavy atom. The van der Waals surface area contributed by atoms with Gasteiger partial charge >= 0.3 is 0 Å². The standard InChI is InChI=1S/C55H45N6O3/c1-29-30(2)57-38-20-8-11-23-41(38)62-44-26-14-17-35(47(44)53(57)56(29)7)50(51-36-18-15-27-45-48(36)54-58(31(3)33(5)60(51)54)39-21-9-12-24-42(39)63-45)52-37-19-16-28-46-49(37)55-59(32(4)34(6)61(52)55)40-22-10-13-25-43(40)64-46/h8-28,50-52H,1-7H3/q+3. The van der Waals surface area contributed by atoms with Gasteiger partial charge in [-0.3, -0.25) is 0 Å². The first-order chi connectivity index (χ1) is 31.2. The van der Waals surface area contributed by atoms with Crippen LogP contribution >= 0.6 is 0 Å². The van der Waals surface area contributed by atoms with Crippen molar-refractivity contribution < 1.29 is 27.9 Å². The summed E-state index contributed by atoms with van der Waals surface area (Å²) >= 11 is 0. The fourth-order valence-electron chi connectivity index (χ4n) is 12.1. The number of benzene rings is 6. The molecule has 2 unspecified atom stereocenters. The van der Waals surface area contributed by atoms with Crippen molar-refractivity contribution in [3.8, 4) is 85.7 Å². The van der Waals surface area contributed by atoms with Crippen LogP contribution in [0.1, 0.15) is 68.9 Å². The maximum atomic E-state index is 7.15. The van der Waals surface area contributed by atoms with Crippen LogP contribution in [0, 0.1) is 41.5 Å². The summed E-state index contributed by atoms with van der Waals surface area (Å²) in [6, 6.07) is 45.1. The van der Waals surface area contributed by atoms with Gasteiger partial charge in [0.1, 0.15) is 80.2 Å². The molecule has 0 amide bonds. The summed E-state index contributed by atoms with van der Waals surface area (Å²) in [4.78, 5) is 0. The molecule has 5 aliphatic heterocycles. The number of ether oxygens (including phenoxy) is 3. The van der Waals surface area contributed by atoms with Crippen LogP contribution in [-0.2, 0) is 7.05 Å². The van der Waals surface area contributed by atoms with E-state index in [-0.39, 0.29) is 18.0 Å². The van der Waals surface area contributed by atoms with E-state index >= 15 is 0 Å². The molecule has 6 aromatic carbocycles. The summed E-state index contributed by atoms with van der Waals surface area (Å²) in [6.45, 7) is 13.6. The van der Waals surface area contributed by atoms with E-state index in [4.69, 9.17) is 14.2 Å². The lowest BCUT2D eigenvalue weighted by molar-refractivity contribution is -0.739. The van der Waals surface area contributed by atoms with Crippen LogP contribution in [0.5, 0.6) is 34.5 Å². The predicted octanol–water partition coefficient (Wildman–Crippen LogP) is 10.9. The van der Waals surface area contributed by atoms with E-state index < -0.39 is 0 Å². The van der Waals surface area contributed by atoms with Crippen molar-refractivity contribution in [2.45, 2.75) is 59.5 Å². The average molecular weight is 838 g/mol. The molecule has 0 spiro atoms. The van der Waals surface area contributed by atoms with Crippen LogP contribution in [0.3, 0.4) is 0 Å². The SMILES string of the molecule is Cc1c(C)[n+](C)c2n1-c1ccccc1Oc1cccc(C(C3c4cccc5c4-c4n(c(C)c(C)[n+]43)-c3ccccc3O5)C3c4cccc5c4-c4n(c(C)c(C)[n+]43)-c3ccccc3O5)c1-2. The Morgan fingerprint density at radius 1 is 0.406 bits per heavy atom. The van der Waals surface area contributed by atoms with Crippen molar-refractivity contribution in [3.05, 3.63) is 178 Å². The lowest BCUT2D eigenvalue weighted by Crippen LogP contribution is -2.51. The number of aromatic nitrogens is 6.